The Labute approximate surface area is 112 Å². The summed E-state index contributed by atoms with van der Waals surface area (Å²) in [6.07, 6.45) is 0. The highest BCUT2D eigenvalue weighted by atomic mass is 16.1. The van der Waals surface area contributed by atoms with Crippen LogP contribution in [0.5, 0.6) is 0 Å². The van der Waals surface area contributed by atoms with Crippen molar-refractivity contribution in [1.82, 2.24) is 9.78 Å². The molecule has 100 valence electrons. The molecule has 0 radical (unpaired) electrons. The second-order valence-corrected chi connectivity index (χ2v) is 4.66. The predicted octanol–water partition coefficient (Wildman–Crippen LogP) is 2.18. The molecule has 19 heavy (non-hydrogen) atoms. The maximum Gasteiger partial charge on any atom is 0.259 e. The smallest absolute Gasteiger partial charge is 0.259 e. The molecule has 0 atom stereocenters. The summed E-state index contributed by atoms with van der Waals surface area (Å²) >= 11 is 0. The van der Waals surface area contributed by atoms with Crippen molar-refractivity contribution in [3.8, 4) is 0 Å². The zero-order valence-electron chi connectivity index (χ0n) is 11.6. The molecule has 0 aliphatic rings. The molecule has 0 saturated carbocycles. The standard InChI is InChI=1S/C14H18N4O/c1-8-6-5-7-11(15)13(8)16-14(19)12-9(2)17-18(4)10(12)3/h5-7H,15H2,1-4H3,(H,16,19). The number of carbonyl (C=O) groups excluding carboxylic acids is 1. The normalized spacial score (nSPS) is 10.5. The van der Waals surface area contributed by atoms with E-state index in [1.165, 1.54) is 0 Å². The molecule has 2 rings (SSSR count). The van der Waals surface area contributed by atoms with Gasteiger partial charge in [0.1, 0.15) is 0 Å². The lowest BCUT2D eigenvalue weighted by molar-refractivity contribution is 0.102. The van der Waals surface area contributed by atoms with Gasteiger partial charge in [-0.1, -0.05) is 12.1 Å². The topological polar surface area (TPSA) is 72.9 Å². The van der Waals surface area contributed by atoms with Crippen LogP contribution in [0.15, 0.2) is 18.2 Å². The molecule has 1 amide bonds. The summed E-state index contributed by atoms with van der Waals surface area (Å²) in [7, 11) is 1.82. The summed E-state index contributed by atoms with van der Waals surface area (Å²) in [5.74, 6) is -0.177. The first kappa shape index (κ1) is 13.1. The van der Waals surface area contributed by atoms with E-state index in [-0.39, 0.29) is 5.91 Å². The van der Waals surface area contributed by atoms with Gasteiger partial charge in [0.2, 0.25) is 0 Å². The van der Waals surface area contributed by atoms with Crippen molar-refractivity contribution in [3.63, 3.8) is 0 Å². The number of rotatable bonds is 2. The fourth-order valence-electron chi connectivity index (χ4n) is 2.14. The van der Waals surface area contributed by atoms with E-state index < -0.39 is 0 Å². The number of hydrogen-bond donors (Lipinski definition) is 2. The summed E-state index contributed by atoms with van der Waals surface area (Å²) in [6, 6.07) is 5.54. The summed E-state index contributed by atoms with van der Waals surface area (Å²) in [6.45, 7) is 5.61. The summed E-state index contributed by atoms with van der Waals surface area (Å²) in [5.41, 5.74) is 10.2. The largest absolute Gasteiger partial charge is 0.397 e. The third-order valence-electron chi connectivity index (χ3n) is 3.28. The average Bonchev–Trinajstić information content (AvgIpc) is 2.58. The lowest BCUT2D eigenvalue weighted by atomic mass is 10.1. The molecule has 0 spiro atoms. The van der Waals surface area contributed by atoms with Gasteiger partial charge in [-0.3, -0.25) is 9.48 Å². The van der Waals surface area contributed by atoms with Crippen LogP contribution in [0.2, 0.25) is 0 Å². The number of aromatic nitrogens is 2. The number of nitrogens with one attached hydrogen (secondary N) is 1. The molecule has 0 fully saturated rings. The van der Waals surface area contributed by atoms with Crippen molar-refractivity contribution in [1.29, 1.82) is 0 Å². The highest BCUT2D eigenvalue weighted by molar-refractivity contribution is 6.07. The maximum absolute atomic E-state index is 12.4. The molecule has 5 heteroatoms. The van der Waals surface area contributed by atoms with E-state index in [4.69, 9.17) is 5.73 Å². The minimum absolute atomic E-state index is 0.177. The first-order chi connectivity index (χ1) is 8.91. The van der Waals surface area contributed by atoms with Gasteiger partial charge >= 0.3 is 0 Å². The summed E-state index contributed by atoms with van der Waals surface area (Å²) in [5, 5.41) is 7.12. The number of aryl methyl sites for hydroxylation is 3. The Morgan fingerprint density at radius 3 is 2.53 bits per heavy atom. The van der Waals surface area contributed by atoms with Gasteiger partial charge in [-0.05, 0) is 32.4 Å². The Kier molecular flexibility index (Phi) is 3.29. The molecule has 1 heterocycles. The maximum atomic E-state index is 12.4. The number of benzene rings is 1. The van der Waals surface area contributed by atoms with Crippen molar-refractivity contribution in [2.75, 3.05) is 11.1 Å². The summed E-state index contributed by atoms with van der Waals surface area (Å²) in [4.78, 5) is 12.4. The Morgan fingerprint density at radius 1 is 1.32 bits per heavy atom. The summed E-state index contributed by atoms with van der Waals surface area (Å²) < 4.78 is 1.70. The Balaban J connectivity index is 2.36. The van der Waals surface area contributed by atoms with Crippen LogP contribution < -0.4 is 11.1 Å². The van der Waals surface area contributed by atoms with Crippen LogP contribution in [0, 0.1) is 20.8 Å². The number of nitrogens with zero attached hydrogens (tertiary/aromatic N) is 2. The van der Waals surface area contributed by atoms with Gasteiger partial charge in [0.25, 0.3) is 5.91 Å². The van der Waals surface area contributed by atoms with Gasteiger partial charge in [0.05, 0.1) is 22.6 Å². The van der Waals surface area contributed by atoms with Crippen LogP contribution in [0.3, 0.4) is 0 Å². The van der Waals surface area contributed by atoms with Crippen LogP contribution in [-0.2, 0) is 7.05 Å². The molecule has 0 unspecified atom stereocenters. The van der Waals surface area contributed by atoms with E-state index in [2.05, 4.69) is 10.4 Å². The van der Waals surface area contributed by atoms with Gasteiger partial charge < -0.3 is 11.1 Å². The second-order valence-electron chi connectivity index (χ2n) is 4.66. The predicted molar refractivity (Wildman–Crippen MR) is 76.2 cm³/mol. The molecule has 1 aromatic carbocycles. The fourth-order valence-corrected chi connectivity index (χ4v) is 2.14. The molecule has 0 aliphatic carbocycles. The number of para-hydroxylation sites is 1. The third-order valence-corrected chi connectivity index (χ3v) is 3.28. The monoisotopic (exact) mass is 258 g/mol. The average molecular weight is 258 g/mol. The molecule has 1 aromatic heterocycles. The lowest BCUT2D eigenvalue weighted by Crippen LogP contribution is -2.16. The molecule has 0 aliphatic heterocycles. The van der Waals surface area contributed by atoms with Gasteiger partial charge in [0.15, 0.2) is 0 Å². The highest BCUT2D eigenvalue weighted by Crippen LogP contribution is 2.24. The number of carbonyl (C=O) groups is 1. The molecule has 2 aromatic rings. The van der Waals surface area contributed by atoms with Crippen LogP contribution in [0.1, 0.15) is 27.3 Å². The third kappa shape index (κ3) is 2.31. The lowest BCUT2D eigenvalue weighted by Gasteiger charge is -2.11. The second kappa shape index (κ2) is 4.76. The van der Waals surface area contributed by atoms with E-state index in [9.17, 15) is 4.79 Å². The van der Waals surface area contributed by atoms with Crippen molar-refractivity contribution in [2.45, 2.75) is 20.8 Å². The number of nitrogens with two attached hydrogens (primary N) is 1. The highest BCUT2D eigenvalue weighted by Gasteiger charge is 2.18. The van der Waals surface area contributed by atoms with Crippen molar-refractivity contribution in [2.24, 2.45) is 7.05 Å². The molecule has 3 N–H and O–H groups in total. The number of hydrogen-bond acceptors (Lipinski definition) is 3. The van der Waals surface area contributed by atoms with Gasteiger partial charge in [0, 0.05) is 12.7 Å². The molecule has 0 bridgehead atoms. The van der Waals surface area contributed by atoms with Gasteiger partial charge in [-0.25, -0.2) is 0 Å². The van der Waals surface area contributed by atoms with Crippen LogP contribution in [-0.4, -0.2) is 15.7 Å². The minimum Gasteiger partial charge on any atom is -0.397 e. The zero-order chi connectivity index (χ0) is 14.2. The first-order valence-corrected chi connectivity index (χ1v) is 6.08. The molecule has 5 nitrogen and oxygen atoms in total. The van der Waals surface area contributed by atoms with E-state index >= 15 is 0 Å². The van der Waals surface area contributed by atoms with E-state index in [0.29, 0.717) is 22.6 Å². The van der Waals surface area contributed by atoms with Crippen LogP contribution in [0.4, 0.5) is 11.4 Å². The zero-order valence-corrected chi connectivity index (χ0v) is 11.6. The van der Waals surface area contributed by atoms with Crippen LogP contribution >= 0.6 is 0 Å². The SMILES string of the molecule is Cc1cccc(N)c1NC(=O)c1c(C)nn(C)c1C. The molecule has 0 saturated heterocycles. The number of amides is 1. The van der Waals surface area contributed by atoms with Crippen molar-refractivity contribution < 1.29 is 4.79 Å². The van der Waals surface area contributed by atoms with E-state index in [1.807, 2.05) is 40.0 Å². The number of nitrogen functional groups attached to an aromatic ring is 1. The Morgan fingerprint density at radius 2 is 2.00 bits per heavy atom. The van der Waals surface area contributed by atoms with Crippen molar-refractivity contribution in [3.05, 3.63) is 40.7 Å². The Hall–Kier alpha value is -2.30. The van der Waals surface area contributed by atoms with Crippen LogP contribution in [0.25, 0.3) is 0 Å². The quantitative estimate of drug-likeness (QED) is 0.811. The first-order valence-electron chi connectivity index (χ1n) is 6.08. The molecular weight excluding hydrogens is 240 g/mol. The Bertz CT molecular complexity index is 623. The number of anilines is 2. The van der Waals surface area contributed by atoms with Gasteiger partial charge in [-0.15, -0.1) is 0 Å². The minimum atomic E-state index is -0.177. The van der Waals surface area contributed by atoms with E-state index in [1.54, 1.807) is 10.7 Å². The van der Waals surface area contributed by atoms with Crippen molar-refractivity contribution >= 4 is 17.3 Å². The molecular formula is C14H18N4O. The van der Waals surface area contributed by atoms with Gasteiger partial charge in [-0.2, -0.15) is 5.10 Å². The fraction of sp³-hybridized carbons (Fsp3) is 0.286. The van der Waals surface area contributed by atoms with E-state index in [0.717, 1.165) is 11.3 Å².